The van der Waals surface area contributed by atoms with Gasteiger partial charge in [-0.3, -0.25) is 13.9 Å². The maximum Gasteiger partial charge on any atom is 0.330 e. The van der Waals surface area contributed by atoms with Gasteiger partial charge in [-0.05, 0) is 28.7 Å². The van der Waals surface area contributed by atoms with Crippen molar-refractivity contribution in [2.45, 2.75) is 26.2 Å². The molecule has 0 amide bonds. The SMILES string of the molecule is Cn1c(=O)c2c(-c3ccc(C(C)(C)C)cc3)n(-c3cc(N)c(Cl)cc3Cl)cc2n(C)c1=O. The fraction of sp³-hybridized carbons (Fsp3) is 0.250. The number of halogens is 2. The van der Waals surface area contributed by atoms with Gasteiger partial charge >= 0.3 is 5.69 Å². The van der Waals surface area contributed by atoms with E-state index in [0.717, 1.165) is 15.7 Å². The average Bonchev–Trinajstić information content (AvgIpc) is 3.13. The molecule has 2 heterocycles. The van der Waals surface area contributed by atoms with Crippen LogP contribution in [0.2, 0.25) is 10.0 Å². The number of hydrogen-bond donors (Lipinski definition) is 1. The first-order chi connectivity index (χ1) is 14.9. The Bertz CT molecular complexity index is 1490. The van der Waals surface area contributed by atoms with E-state index in [4.69, 9.17) is 28.9 Å². The molecule has 8 heteroatoms. The second-order valence-corrected chi connectivity index (χ2v) is 9.78. The van der Waals surface area contributed by atoms with Crippen LogP contribution >= 0.6 is 23.2 Å². The topological polar surface area (TPSA) is 75.0 Å². The molecule has 6 nitrogen and oxygen atoms in total. The molecular weight excluding hydrogens is 447 g/mol. The number of aryl methyl sites for hydroxylation is 1. The van der Waals surface area contributed by atoms with Gasteiger partial charge in [0.05, 0.1) is 38.0 Å². The molecule has 4 rings (SSSR count). The van der Waals surface area contributed by atoms with Crippen molar-refractivity contribution in [1.29, 1.82) is 0 Å². The molecular formula is C24H24Cl2N4O2. The van der Waals surface area contributed by atoms with Gasteiger partial charge in [-0.2, -0.15) is 0 Å². The van der Waals surface area contributed by atoms with Crippen LogP contribution in [0.5, 0.6) is 0 Å². The zero-order valence-corrected chi connectivity index (χ0v) is 20.0. The van der Waals surface area contributed by atoms with Crippen molar-refractivity contribution in [3.05, 3.63) is 79.0 Å². The van der Waals surface area contributed by atoms with Crippen LogP contribution in [0, 0.1) is 0 Å². The molecule has 0 aliphatic carbocycles. The zero-order chi connectivity index (χ0) is 23.5. The quantitative estimate of drug-likeness (QED) is 0.424. The maximum atomic E-state index is 13.2. The molecule has 2 aromatic heterocycles. The first kappa shape index (κ1) is 22.2. The van der Waals surface area contributed by atoms with E-state index < -0.39 is 5.69 Å². The van der Waals surface area contributed by atoms with E-state index in [-0.39, 0.29) is 11.0 Å². The van der Waals surface area contributed by atoms with Gasteiger partial charge in [-0.1, -0.05) is 68.2 Å². The molecule has 0 bridgehead atoms. The number of aromatic nitrogens is 3. The van der Waals surface area contributed by atoms with Crippen molar-refractivity contribution in [3.63, 3.8) is 0 Å². The Hall–Kier alpha value is -2.96. The largest absolute Gasteiger partial charge is 0.397 e. The summed E-state index contributed by atoms with van der Waals surface area (Å²) in [5.41, 5.74) is 9.28. The first-order valence-electron chi connectivity index (χ1n) is 10.1. The molecule has 0 fully saturated rings. The highest BCUT2D eigenvalue weighted by molar-refractivity contribution is 6.37. The van der Waals surface area contributed by atoms with Gasteiger partial charge in [-0.25, -0.2) is 4.79 Å². The van der Waals surface area contributed by atoms with Crippen molar-refractivity contribution < 1.29 is 0 Å². The van der Waals surface area contributed by atoms with Crippen LogP contribution in [0.15, 0.2) is 52.2 Å². The van der Waals surface area contributed by atoms with E-state index in [1.54, 1.807) is 29.9 Å². The summed E-state index contributed by atoms with van der Waals surface area (Å²) < 4.78 is 4.36. The number of benzene rings is 2. The molecule has 0 unspecified atom stereocenters. The highest BCUT2D eigenvalue weighted by Crippen LogP contribution is 2.37. The third-order valence-electron chi connectivity index (χ3n) is 5.79. The van der Waals surface area contributed by atoms with Gasteiger partial charge in [0.2, 0.25) is 0 Å². The van der Waals surface area contributed by atoms with Crippen LogP contribution in [0.3, 0.4) is 0 Å². The highest BCUT2D eigenvalue weighted by Gasteiger charge is 2.22. The molecule has 0 spiro atoms. The van der Waals surface area contributed by atoms with E-state index in [0.29, 0.717) is 38.0 Å². The Morgan fingerprint density at radius 3 is 2.12 bits per heavy atom. The molecule has 0 radical (unpaired) electrons. The molecule has 166 valence electrons. The fourth-order valence-electron chi connectivity index (χ4n) is 3.88. The lowest BCUT2D eigenvalue weighted by molar-refractivity contribution is 0.590. The molecule has 4 aromatic rings. The predicted molar refractivity (Wildman–Crippen MR) is 132 cm³/mol. The van der Waals surface area contributed by atoms with Gasteiger partial charge in [0.15, 0.2) is 0 Å². The molecule has 32 heavy (non-hydrogen) atoms. The molecule has 0 saturated carbocycles. The summed E-state index contributed by atoms with van der Waals surface area (Å²) in [6, 6.07) is 11.3. The van der Waals surface area contributed by atoms with E-state index >= 15 is 0 Å². The minimum atomic E-state index is -0.406. The number of fused-ring (bicyclic) bond motifs is 1. The number of rotatable bonds is 2. The summed E-state index contributed by atoms with van der Waals surface area (Å²) in [7, 11) is 3.11. The van der Waals surface area contributed by atoms with Crippen LogP contribution in [-0.2, 0) is 19.5 Å². The third-order valence-corrected chi connectivity index (χ3v) is 6.42. The van der Waals surface area contributed by atoms with Crippen LogP contribution < -0.4 is 17.0 Å². The summed E-state index contributed by atoms with van der Waals surface area (Å²) in [5, 5.41) is 1.14. The number of nitrogens with two attached hydrogens (primary N) is 1. The Kier molecular flexibility index (Phi) is 5.26. The van der Waals surface area contributed by atoms with Gasteiger partial charge in [-0.15, -0.1) is 0 Å². The lowest BCUT2D eigenvalue weighted by Crippen LogP contribution is -2.36. The lowest BCUT2D eigenvalue weighted by atomic mass is 9.86. The van der Waals surface area contributed by atoms with Gasteiger partial charge in [0.1, 0.15) is 0 Å². The first-order valence-corrected chi connectivity index (χ1v) is 10.8. The summed E-state index contributed by atoms with van der Waals surface area (Å²) in [4.78, 5) is 25.8. The van der Waals surface area contributed by atoms with Crippen molar-refractivity contribution in [2.75, 3.05) is 5.73 Å². The van der Waals surface area contributed by atoms with E-state index in [1.165, 1.54) is 11.6 Å². The number of hydrogen-bond acceptors (Lipinski definition) is 3. The highest BCUT2D eigenvalue weighted by atomic mass is 35.5. The normalized spacial score (nSPS) is 12.0. The summed E-state index contributed by atoms with van der Waals surface area (Å²) in [6.45, 7) is 6.42. The zero-order valence-electron chi connectivity index (χ0n) is 18.5. The smallest absolute Gasteiger partial charge is 0.330 e. The van der Waals surface area contributed by atoms with E-state index in [9.17, 15) is 9.59 Å². The summed E-state index contributed by atoms with van der Waals surface area (Å²) in [6.07, 6.45) is 1.74. The maximum absolute atomic E-state index is 13.2. The van der Waals surface area contributed by atoms with Crippen molar-refractivity contribution in [3.8, 4) is 16.9 Å². The van der Waals surface area contributed by atoms with Crippen LogP contribution in [0.25, 0.3) is 27.8 Å². The minimum Gasteiger partial charge on any atom is -0.397 e. The molecule has 0 saturated heterocycles. The average molecular weight is 471 g/mol. The van der Waals surface area contributed by atoms with E-state index in [2.05, 4.69) is 20.8 Å². The van der Waals surface area contributed by atoms with Gasteiger partial charge < -0.3 is 10.3 Å². The third kappa shape index (κ3) is 3.44. The van der Waals surface area contributed by atoms with Crippen molar-refractivity contribution >= 4 is 39.8 Å². The Balaban J connectivity index is 2.15. The van der Waals surface area contributed by atoms with Crippen LogP contribution in [-0.4, -0.2) is 13.7 Å². The number of anilines is 1. The molecule has 0 aliphatic heterocycles. The predicted octanol–water partition coefficient (Wildman–Crippen LogP) is 4.88. The van der Waals surface area contributed by atoms with Crippen molar-refractivity contribution in [1.82, 2.24) is 13.7 Å². The molecule has 2 aromatic carbocycles. The number of nitrogen functional groups attached to an aromatic ring is 1. The Morgan fingerprint density at radius 1 is 0.906 bits per heavy atom. The van der Waals surface area contributed by atoms with Gasteiger partial charge in [0, 0.05) is 20.3 Å². The van der Waals surface area contributed by atoms with Crippen LogP contribution in [0.1, 0.15) is 26.3 Å². The second-order valence-electron chi connectivity index (χ2n) is 8.97. The molecule has 0 atom stereocenters. The fourth-order valence-corrected chi connectivity index (χ4v) is 4.35. The van der Waals surface area contributed by atoms with Gasteiger partial charge in [0.25, 0.3) is 5.56 Å². The number of nitrogens with zero attached hydrogens (tertiary/aromatic N) is 3. The van der Waals surface area contributed by atoms with Crippen molar-refractivity contribution in [2.24, 2.45) is 14.1 Å². The summed E-state index contributed by atoms with van der Waals surface area (Å²) >= 11 is 12.7. The lowest BCUT2D eigenvalue weighted by Gasteiger charge is -2.19. The monoisotopic (exact) mass is 470 g/mol. The molecule has 2 N–H and O–H groups in total. The Morgan fingerprint density at radius 2 is 1.53 bits per heavy atom. The second kappa shape index (κ2) is 7.57. The Labute approximate surface area is 195 Å². The van der Waals surface area contributed by atoms with E-state index in [1.807, 2.05) is 24.3 Å². The summed E-state index contributed by atoms with van der Waals surface area (Å²) in [5.74, 6) is 0. The van der Waals surface area contributed by atoms with Crippen LogP contribution in [0.4, 0.5) is 5.69 Å². The standard InChI is InChI=1S/C24H24Cl2N4O2/c1-24(2,3)14-8-6-13(7-9-14)21-20-19(28(4)23(32)29(5)22(20)31)12-30(21)18-11-17(27)15(25)10-16(18)26/h6-12H,27H2,1-5H3. The minimum absolute atomic E-state index is 0.0173. The molecule has 0 aliphatic rings.